The van der Waals surface area contributed by atoms with Gasteiger partial charge in [-0.25, -0.2) is 4.98 Å². The average Bonchev–Trinajstić information content (AvgIpc) is 2.83. The summed E-state index contributed by atoms with van der Waals surface area (Å²) in [4.78, 5) is 4.08. The maximum Gasteiger partial charge on any atom is 0.205 e. The number of aromatic hydroxyl groups is 1. The van der Waals surface area contributed by atoms with E-state index in [1.165, 1.54) is 14.2 Å². The van der Waals surface area contributed by atoms with Crippen LogP contribution in [0.4, 0.5) is 11.5 Å². The average molecular weight is 429 g/mol. The molecule has 9 heteroatoms. The van der Waals surface area contributed by atoms with E-state index in [2.05, 4.69) is 21.3 Å². The van der Waals surface area contributed by atoms with Crippen molar-refractivity contribution in [2.45, 2.75) is 5.92 Å². The molecule has 160 valence electrons. The highest BCUT2D eigenvalue weighted by molar-refractivity contribution is 5.68. The van der Waals surface area contributed by atoms with Gasteiger partial charge in [-0.15, -0.1) is 10.2 Å². The molecule has 32 heavy (non-hydrogen) atoms. The van der Waals surface area contributed by atoms with E-state index >= 15 is 0 Å². The molecule has 0 spiro atoms. The van der Waals surface area contributed by atoms with Crippen LogP contribution in [-0.4, -0.2) is 24.3 Å². The second kappa shape index (κ2) is 8.65. The molecule has 0 fully saturated rings. The fraction of sp³-hybridized carbons (Fsp3) is 0.130. The minimum absolute atomic E-state index is 0.0398. The third-order valence-electron chi connectivity index (χ3n) is 4.99. The number of azo groups is 1. The number of methoxy groups -OCH3 is 2. The van der Waals surface area contributed by atoms with Gasteiger partial charge in [0.2, 0.25) is 5.88 Å². The number of ether oxygens (including phenoxy) is 3. The molecule has 3 N–H and O–H groups in total. The SMILES string of the molecule is COc1ccc(C2C(C#N)=C(N)Oc3ccc(N=Nc4ccccn4)c(O)c32)cc1OC. The molecule has 2 aromatic carbocycles. The van der Waals surface area contributed by atoms with Gasteiger partial charge in [-0.3, -0.25) is 0 Å². The lowest BCUT2D eigenvalue weighted by Crippen LogP contribution is -2.21. The first-order chi connectivity index (χ1) is 15.6. The van der Waals surface area contributed by atoms with Gasteiger partial charge in [-0.2, -0.15) is 5.26 Å². The van der Waals surface area contributed by atoms with Gasteiger partial charge in [-0.05, 0) is 42.0 Å². The molecule has 0 radical (unpaired) electrons. The van der Waals surface area contributed by atoms with Gasteiger partial charge >= 0.3 is 0 Å². The summed E-state index contributed by atoms with van der Waals surface area (Å²) in [5, 5.41) is 29.1. The van der Waals surface area contributed by atoms with Crippen LogP contribution in [-0.2, 0) is 0 Å². The highest BCUT2D eigenvalue weighted by Crippen LogP contribution is 2.50. The predicted molar refractivity (Wildman–Crippen MR) is 115 cm³/mol. The van der Waals surface area contributed by atoms with Crippen molar-refractivity contribution >= 4 is 11.5 Å². The van der Waals surface area contributed by atoms with Gasteiger partial charge in [0.05, 0.1) is 25.7 Å². The summed E-state index contributed by atoms with van der Waals surface area (Å²) in [5.41, 5.74) is 7.38. The Labute approximate surface area is 184 Å². The Hall–Kier alpha value is -4.58. The standard InChI is InChI=1S/C23H19N5O4/c1-30-16-8-6-13(11-18(16)31-2)20-14(12-24)23(25)32-17-9-7-15(22(29)21(17)20)27-28-19-5-3-4-10-26-19/h3-11,20,29H,25H2,1-2H3. The molecule has 1 aliphatic rings. The van der Waals surface area contributed by atoms with E-state index in [4.69, 9.17) is 19.9 Å². The fourth-order valence-electron chi connectivity index (χ4n) is 3.49. The van der Waals surface area contributed by atoms with Crippen LogP contribution in [0.3, 0.4) is 0 Å². The molecular formula is C23H19N5O4. The number of nitriles is 1. The first-order valence-corrected chi connectivity index (χ1v) is 9.55. The Bertz CT molecular complexity index is 1270. The molecule has 0 bridgehead atoms. The third kappa shape index (κ3) is 3.65. The number of allylic oxidation sites excluding steroid dienone is 1. The van der Waals surface area contributed by atoms with E-state index in [-0.39, 0.29) is 22.9 Å². The number of nitrogens with two attached hydrogens (primary N) is 1. The molecule has 1 unspecified atom stereocenters. The zero-order chi connectivity index (χ0) is 22.7. The van der Waals surface area contributed by atoms with Crippen molar-refractivity contribution in [2.75, 3.05) is 14.2 Å². The van der Waals surface area contributed by atoms with E-state index in [0.29, 0.717) is 34.2 Å². The van der Waals surface area contributed by atoms with Crippen molar-refractivity contribution in [3.05, 3.63) is 77.3 Å². The van der Waals surface area contributed by atoms with Crippen molar-refractivity contribution in [1.82, 2.24) is 4.98 Å². The Morgan fingerprint density at radius 2 is 1.91 bits per heavy atom. The van der Waals surface area contributed by atoms with Crippen molar-refractivity contribution in [1.29, 1.82) is 5.26 Å². The Kier molecular flexibility index (Phi) is 5.59. The lowest BCUT2D eigenvalue weighted by atomic mass is 9.82. The second-order valence-electron chi connectivity index (χ2n) is 6.77. The number of aromatic nitrogens is 1. The molecule has 3 aromatic rings. The molecule has 0 saturated carbocycles. The van der Waals surface area contributed by atoms with Gasteiger partial charge in [0.25, 0.3) is 0 Å². The van der Waals surface area contributed by atoms with Crippen molar-refractivity contribution in [3.8, 4) is 29.1 Å². The quantitative estimate of drug-likeness (QED) is 0.572. The summed E-state index contributed by atoms with van der Waals surface area (Å²) >= 11 is 0. The Balaban J connectivity index is 1.86. The molecule has 0 amide bonds. The second-order valence-corrected chi connectivity index (χ2v) is 6.77. The lowest BCUT2D eigenvalue weighted by molar-refractivity contribution is 0.354. The van der Waals surface area contributed by atoms with Crippen molar-refractivity contribution in [2.24, 2.45) is 16.0 Å². The van der Waals surface area contributed by atoms with Gasteiger partial charge in [-0.1, -0.05) is 12.1 Å². The lowest BCUT2D eigenvalue weighted by Gasteiger charge is -2.27. The predicted octanol–water partition coefficient (Wildman–Crippen LogP) is 4.44. The number of hydrogen-bond acceptors (Lipinski definition) is 9. The zero-order valence-corrected chi connectivity index (χ0v) is 17.3. The normalized spacial score (nSPS) is 15.1. The molecule has 2 heterocycles. The van der Waals surface area contributed by atoms with Crippen LogP contribution in [0.1, 0.15) is 17.0 Å². The molecule has 1 aliphatic heterocycles. The molecular weight excluding hydrogens is 410 g/mol. The van der Waals surface area contributed by atoms with Gasteiger partial charge in [0.15, 0.2) is 23.1 Å². The Morgan fingerprint density at radius 3 is 2.59 bits per heavy atom. The number of hydrogen-bond donors (Lipinski definition) is 2. The number of pyridine rings is 1. The van der Waals surface area contributed by atoms with Gasteiger partial charge in [0, 0.05) is 6.20 Å². The topological polar surface area (TPSA) is 135 Å². The number of phenolic OH excluding ortho intramolecular Hbond substituents is 1. The summed E-state index contributed by atoms with van der Waals surface area (Å²) in [6.45, 7) is 0. The van der Waals surface area contributed by atoms with Crippen LogP contribution in [0.25, 0.3) is 0 Å². The summed E-state index contributed by atoms with van der Waals surface area (Å²) in [7, 11) is 3.05. The van der Waals surface area contributed by atoms with E-state index < -0.39 is 5.92 Å². The molecule has 0 aliphatic carbocycles. The maximum atomic E-state index is 11.1. The van der Waals surface area contributed by atoms with Crippen molar-refractivity contribution < 1.29 is 19.3 Å². The molecule has 0 saturated heterocycles. The fourth-order valence-corrected chi connectivity index (χ4v) is 3.49. The number of phenols is 1. The van der Waals surface area contributed by atoms with Crippen LogP contribution >= 0.6 is 0 Å². The highest BCUT2D eigenvalue weighted by Gasteiger charge is 2.34. The number of fused-ring (bicyclic) bond motifs is 1. The maximum absolute atomic E-state index is 11.1. The minimum Gasteiger partial charge on any atom is -0.505 e. The van der Waals surface area contributed by atoms with Crippen LogP contribution in [0.2, 0.25) is 0 Å². The number of benzene rings is 2. The largest absolute Gasteiger partial charge is 0.505 e. The van der Waals surface area contributed by atoms with Crippen LogP contribution in [0.15, 0.2) is 76.4 Å². The van der Waals surface area contributed by atoms with E-state index in [9.17, 15) is 10.4 Å². The highest BCUT2D eigenvalue weighted by atomic mass is 16.5. The van der Waals surface area contributed by atoms with Crippen LogP contribution < -0.4 is 19.9 Å². The third-order valence-corrected chi connectivity index (χ3v) is 4.99. The number of nitrogens with zero attached hydrogens (tertiary/aromatic N) is 4. The van der Waals surface area contributed by atoms with Crippen molar-refractivity contribution in [3.63, 3.8) is 0 Å². The van der Waals surface area contributed by atoms with E-state index in [0.717, 1.165) is 0 Å². The van der Waals surface area contributed by atoms with E-state index in [1.807, 2.05) is 0 Å². The minimum atomic E-state index is -0.714. The number of rotatable bonds is 5. The zero-order valence-electron chi connectivity index (χ0n) is 17.3. The summed E-state index contributed by atoms with van der Waals surface area (Å²) in [5.74, 6) is 0.771. The molecule has 1 aromatic heterocycles. The van der Waals surface area contributed by atoms with E-state index in [1.54, 1.807) is 54.7 Å². The summed E-state index contributed by atoms with van der Waals surface area (Å²) < 4.78 is 16.3. The van der Waals surface area contributed by atoms with Gasteiger partial charge < -0.3 is 25.1 Å². The molecule has 1 atom stereocenters. The smallest absolute Gasteiger partial charge is 0.205 e. The summed E-state index contributed by atoms with van der Waals surface area (Å²) in [6.07, 6.45) is 1.59. The first-order valence-electron chi connectivity index (χ1n) is 9.55. The summed E-state index contributed by atoms with van der Waals surface area (Å²) in [6, 6.07) is 15.7. The first kappa shape index (κ1) is 20.7. The molecule has 9 nitrogen and oxygen atoms in total. The Morgan fingerprint density at radius 1 is 1.09 bits per heavy atom. The molecule has 4 rings (SSSR count). The monoisotopic (exact) mass is 429 g/mol. The van der Waals surface area contributed by atoms with Crippen LogP contribution in [0, 0.1) is 11.3 Å². The van der Waals surface area contributed by atoms with Gasteiger partial charge in [0.1, 0.15) is 23.1 Å². The van der Waals surface area contributed by atoms with Crippen LogP contribution in [0.5, 0.6) is 23.0 Å².